The van der Waals surface area contributed by atoms with Crippen LogP contribution < -0.4 is 5.32 Å². The predicted octanol–water partition coefficient (Wildman–Crippen LogP) is 3.64. The van der Waals surface area contributed by atoms with Crippen LogP contribution in [0.2, 0.25) is 0 Å². The second-order valence-corrected chi connectivity index (χ2v) is 8.98. The highest BCUT2D eigenvalue weighted by atomic mass is 32.2. The number of amides is 2. The number of thioether (sulfide) groups is 1. The van der Waals surface area contributed by atoms with Crippen LogP contribution in [0.5, 0.6) is 0 Å². The van der Waals surface area contributed by atoms with Crippen LogP contribution in [-0.4, -0.2) is 56.3 Å². The van der Waals surface area contributed by atoms with Gasteiger partial charge in [0.15, 0.2) is 16.1 Å². The van der Waals surface area contributed by atoms with E-state index >= 15 is 0 Å². The number of nitrogens with zero attached hydrogens (tertiary/aromatic N) is 5. The third-order valence-corrected chi connectivity index (χ3v) is 6.34. The molecule has 0 bridgehead atoms. The minimum absolute atomic E-state index is 0.133. The summed E-state index contributed by atoms with van der Waals surface area (Å²) in [5.74, 6) is 0.502. The summed E-state index contributed by atoms with van der Waals surface area (Å²) in [6.45, 7) is 8.12. The van der Waals surface area contributed by atoms with E-state index in [2.05, 4.69) is 27.1 Å². The Morgan fingerprint density at radius 2 is 1.94 bits per heavy atom. The first-order valence-electron chi connectivity index (χ1n) is 9.53. The highest BCUT2D eigenvalue weighted by Crippen LogP contribution is 2.26. The molecule has 2 amide bonds. The van der Waals surface area contributed by atoms with Gasteiger partial charge in [-0.3, -0.25) is 14.2 Å². The number of thiazole rings is 1. The molecule has 0 saturated carbocycles. The van der Waals surface area contributed by atoms with Crippen LogP contribution in [0.1, 0.15) is 20.9 Å². The van der Waals surface area contributed by atoms with Crippen LogP contribution in [0.4, 0.5) is 5.13 Å². The van der Waals surface area contributed by atoms with Crippen molar-refractivity contribution in [2.24, 2.45) is 0 Å². The van der Waals surface area contributed by atoms with E-state index in [-0.39, 0.29) is 17.6 Å². The van der Waals surface area contributed by atoms with Crippen molar-refractivity contribution in [1.82, 2.24) is 24.6 Å². The van der Waals surface area contributed by atoms with Gasteiger partial charge in [0.1, 0.15) is 4.88 Å². The fraction of sp³-hybridized carbons (Fsp3) is 0.286. The lowest BCUT2D eigenvalue weighted by Gasteiger charge is -2.08. The van der Waals surface area contributed by atoms with Gasteiger partial charge in [0.2, 0.25) is 5.91 Å². The Morgan fingerprint density at radius 1 is 1.23 bits per heavy atom. The maximum Gasteiger partial charge on any atom is 0.265 e. The molecule has 0 unspecified atom stereocenters. The van der Waals surface area contributed by atoms with E-state index in [0.29, 0.717) is 27.4 Å². The largest absolute Gasteiger partial charge is 0.344 e. The van der Waals surface area contributed by atoms with Crippen LogP contribution in [0.25, 0.3) is 11.4 Å². The maximum absolute atomic E-state index is 12.5. The molecule has 162 valence electrons. The summed E-state index contributed by atoms with van der Waals surface area (Å²) in [5.41, 5.74) is 2.71. The summed E-state index contributed by atoms with van der Waals surface area (Å²) in [6.07, 6.45) is 1.77. The van der Waals surface area contributed by atoms with Crippen molar-refractivity contribution in [3.63, 3.8) is 0 Å². The lowest BCUT2D eigenvalue weighted by molar-refractivity contribution is -0.113. The molecule has 3 rings (SSSR count). The number of hydrogen-bond acceptors (Lipinski definition) is 7. The Hall–Kier alpha value is -2.98. The van der Waals surface area contributed by atoms with Crippen molar-refractivity contribution in [1.29, 1.82) is 0 Å². The quantitative estimate of drug-likeness (QED) is 0.411. The van der Waals surface area contributed by atoms with Gasteiger partial charge in [0, 0.05) is 26.2 Å². The van der Waals surface area contributed by atoms with Gasteiger partial charge in [-0.05, 0) is 13.8 Å². The van der Waals surface area contributed by atoms with Gasteiger partial charge in [-0.2, -0.15) is 0 Å². The van der Waals surface area contributed by atoms with E-state index in [0.717, 1.165) is 17.0 Å². The Morgan fingerprint density at radius 3 is 2.58 bits per heavy atom. The molecule has 10 heteroatoms. The van der Waals surface area contributed by atoms with E-state index in [1.54, 1.807) is 27.1 Å². The summed E-state index contributed by atoms with van der Waals surface area (Å²) in [4.78, 5) is 30.9. The van der Waals surface area contributed by atoms with Crippen molar-refractivity contribution in [2.45, 2.75) is 25.5 Å². The minimum atomic E-state index is -0.229. The van der Waals surface area contributed by atoms with Gasteiger partial charge in [-0.15, -0.1) is 16.8 Å². The molecule has 0 aliphatic carbocycles. The fourth-order valence-electron chi connectivity index (χ4n) is 2.74. The topological polar surface area (TPSA) is 93.0 Å². The van der Waals surface area contributed by atoms with E-state index in [9.17, 15) is 9.59 Å². The zero-order chi connectivity index (χ0) is 22.5. The zero-order valence-electron chi connectivity index (χ0n) is 17.9. The molecule has 0 saturated heterocycles. The summed E-state index contributed by atoms with van der Waals surface area (Å²) in [7, 11) is 3.36. The average Bonchev–Trinajstić information content (AvgIpc) is 3.29. The number of benzene rings is 1. The number of aryl methyl sites for hydroxylation is 2. The number of allylic oxidation sites excluding steroid dienone is 1. The Kier molecular flexibility index (Phi) is 7.24. The number of carbonyl (C=O) groups excluding carboxylic acids is 2. The number of hydrogen-bond donors (Lipinski definition) is 1. The van der Waals surface area contributed by atoms with Crippen LogP contribution >= 0.6 is 23.1 Å². The summed E-state index contributed by atoms with van der Waals surface area (Å²) >= 11 is 2.46. The summed E-state index contributed by atoms with van der Waals surface area (Å²) < 4.78 is 1.93. The van der Waals surface area contributed by atoms with Crippen molar-refractivity contribution in [3.8, 4) is 11.4 Å². The van der Waals surface area contributed by atoms with Crippen molar-refractivity contribution >= 4 is 40.0 Å². The highest BCUT2D eigenvalue weighted by molar-refractivity contribution is 7.99. The SMILES string of the molecule is C=CCn1c(SCC(=O)Nc2nc(C)c(C(=O)N(C)C)s2)nnc1-c1ccc(C)cc1. The third-order valence-electron chi connectivity index (χ3n) is 4.31. The Balaban J connectivity index is 1.69. The number of aromatic nitrogens is 4. The molecule has 0 spiro atoms. The number of nitrogens with one attached hydrogen (secondary N) is 1. The second-order valence-electron chi connectivity index (χ2n) is 7.04. The molecular weight excluding hydrogens is 432 g/mol. The lowest BCUT2D eigenvalue weighted by atomic mass is 10.1. The molecule has 1 N–H and O–H groups in total. The number of carbonyl (C=O) groups is 2. The summed E-state index contributed by atoms with van der Waals surface area (Å²) in [6, 6.07) is 8.04. The number of anilines is 1. The third kappa shape index (κ3) is 5.39. The molecule has 31 heavy (non-hydrogen) atoms. The predicted molar refractivity (Wildman–Crippen MR) is 125 cm³/mol. The van der Waals surface area contributed by atoms with Gasteiger partial charge < -0.3 is 10.2 Å². The van der Waals surface area contributed by atoms with E-state index in [1.165, 1.54) is 28.0 Å². The smallest absolute Gasteiger partial charge is 0.265 e. The van der Waals surface area contributed by atoms with E-state index < -0.39 is 0 Å². The van der Waals surface area contributed by atoms with Gasteiger partial charge >= 0.3 is 0 Å². The molecule has 3 aromatic rings. The van der Waals surface area contributed by atoms with Crippen LogP contribution in [0.3, 0.4) is 0 Å². The molecule has 1 aromatic carbocycles. The molecule has 0 aliphatic rings. The van der Waals surface area contributed by atoms with E-state index in [1.807, 2.05) is 35.8 Å². The van der Waals surface area contributed by atoms with Crippen molar-refractivity contribution < 1.29 is 9.59 Å². The van der Waals surface area contributed by atoms with Gasteiger partial charge in [0.25, 0.3) is 5.91 Å². The number of rotatable bonds is 8. The van der Waals surface area contributed by atoms with Crippen LogP contribution in [0.15, 0.2) is 42.1 Å². The van der Waals surface area contributed by atoms with Gasteiger partial charge in [0.05, 0.1) is 11.4 Å². The van der Waals surface area contributed by atoms with Crippen molar-refractivity contribution in [3.05, 3.63) is 53.1 Å². The first-order chi connectivity index (χ1) is 14.8. The van der Waals surface area contributed by atoms with E-state index in [4.69, 9.17) is 0 Å². The first kappa shape index (κ1) is 22.7. The monoisotopic (exact) mass is 456 g/mol. The summed E-state index contributed by atoms with van der Waals surface area (Å²) in [5, 5.41) is 12.4. The first-order valence-corrected chi connectivity index (χ1v) is 11.3. The molecular formula is C21H24N6O2S2. The normalized spacial score (nSPS) is 10.7. The van der Waals surface area contributed by atoms with Gasteiger partial charge in [-0.25, -0.2) is 4.98 Å². The molecule has 0 aliphatic heterocycles. The standard InChI is InChI=1S/C21H24N6O2S2/c1-6-11-27-18(15-9-7-13(2)8-10-15)24-25-21(27)30-12-16(28)23-20-22-14(3)17(31-20)19(29)26(4)5/h6-10H,1,11-12H2,2-5H3,(H,22,23,28). The van der Waals surface area contributed by atoms with Crippen LogP contribution in [-0.2, 0) is 11.3 Å². The Bertz CT molecular complexity index is 1100. The molecule has 0 atom stereocenters. The molecule has 2 aromatic heterocycles. The Labute approximate surface area is 189 Å². The van der Waals surface area contributed by atoms with Crippen molar-refractivity contribution in [2.75, 3.05) is 25.2 Å². The molecule has 0 fully saturated rings. The molecule has 8 nitrogen and oxygen atoms in total. The minimum Gasteiger partial charge on any atom is -0.344 e. The highest BCUT2D eigenvalue weighted by Gasteiger charge is 2.19. The molecule has 0 radical (unpaired) electrons. The van der Waals surface area contributed by atoms with Gasteiger partial charge in [-0.1, -0.05) is 59.0 Å². The molecule has 2 heterocycles. The fourth-order valence-corrected chi connectivity index (χ4v) is 4.49. The lowest BCUT2D eigenvalue weighted by Crippen LogP contribution is -2.21. The second kappa shape index (κ2) is 9.88. The van der Waals surface area contributed by atoms with Crippen LogP contribution in [0, 0.1) is 13.8 Å². The average molecular weight is 457 g/mol. The maximum atomic E-state index is 12.5. The zero-order valence-corrected chi connectivity index (χ0v) is 19.5.